The minimum absolute atomic E-state index is 0.261. The number of benzene rings is 2. The highest BCUT2D eigenvalue weighted by Gasteiger charge is 2.15. The van der Waals surface area contributed by atoms with Gasteiger partial charge in [0, 0.05) is 24.3 Å². The van der Waals surface area contributed by atoms with Gasteiger partial charge >= 0.3 is 5.97 Å². The molecule has 0 fully saturated rings. The summed E-state index contributed by atoms with van der Waals surface area (Å²) in [7, 11) is 0. The smallest absolute Gasteiger partial charge is 0.302 e. The minimum Gasteiger partial charge on any atom is -0.465 e. The normalized spacial score (nSPS) is 12.8. The van der Waals surface area contributed by atoms with E-state index in [1.54, 1.807) is 0 Å². The largest absolute Gasteiger partial charge is 0.465 e. The second-order valence-electron chi connectivity index (χ2n) is 4.47. The zero-order chi connectivity index (χ0) is 13.2. The maximum atomic E-state index is 10.8. The van der Waals surface area contributed by atoms with Crippen LogP contribution in [0.4, 0.5) is 5.69 Å². The van der Waals surface area contributed by atoms with Gasteiger partial charge in [-0.15, -0.1) is 0 Å². The highest BCUT2D eigenvalue weighted by Crippen LogP contribution is 2.31. The summed E-state index contributed by atoms with van der Waals surface area (Å²) in [5.74, 6) is -0.261. The number of nitrogens with zero attached hydrogens (tertiary/aromatic N) is 1. The van der Waals surface area contributed by atoms with Crippen LogP contribution >= 0.6 is 0 Å². The monoisotopic (exact) mass is 254 g/mol. The molecular formula is C15H14N2O2. The molecule has 0 aromatic heterocycles. The third-order valence-corrected chi connectivity index (χ3v) is 3.17. The molecule has 3 rings (SSSR count). The third kappa shape index (κ3) is 2.17. The summed E-state index contributed by atoms with van der Waals surface area (Å²) in [6.07, 6.45) is 0.611. The summed E-state index contributed by atoms with van der Waals surface area (Å²) in [5.41, 5.74) is 6.11. The summed E-state index contributed by atoms with van der Waals surface area (Å²) in [5, 5.41) is 6.73. The average molecular weight is 254 g/mol. The first-order valence-electron chi connectivity index (χ1n) is 6.24. The summed E-state index contributed by atoms with van der Waals surface area (Å²) < 4.78 is 4.98. The highest BCUT2D eigenvalue weighted by molar-refractivity contribution is 6.16. The van der Waals surface area contributed by atoms with Crippen molar-refractivity contribution in [1.29, 1.82) is 0 Å². The highest BCUT2D eigenvalue weighted by atomic mass is 16.5. The molecule has 0 atom stereocenters. The van der Waals surface area contributed by atoms with Crippen molar-refractivity contribution in [1.82, 2.24) is 0 Å². The van der Waals surface area contributed by atoms with Gasteiger partial charge in [-0.3, -0.25) is 10.2 Å². The molecule has 0 saturated heterocycles. The van der Waals surface area contributed by atoms with E-state index in [0.29, 0.717) is 13.0 Å². The molecule has 1 heterocycles. The van der Waals surface area contributed by atoms with Crippen LogP contribution in [0.15, 0.2) is 41.5 Å². The molecule has 0 amide bonds. The Hall–Kier alpha value is -2.36. The van der Waals surface area contributed by atoms with Gasteiger partial charge in [0.25, 0.3) is 0 Å². The second kappa shape index (κ2) is 4.72. The van der Waals surface area contributed by atoms with Gasteiger partial charge in [-0.2, -0.15) is 5.10 Å². The minimum atomic E-state index is -0.261. The van der Waals surface area contributed by atoms with E-state index in [2.05, 4.69) is 28.7 Å². The van der Waals surface area contributed by atoms with Crippen LogP contribution < -0.4 is 5.43 Å². The number of carbonyl (C=O) groups excluding carboxylic acids is 1. The summed E-state index contributed by atoms with van der Waals surface area (Å²) >= 11 is 0. The molecule has 1 aliphatic heterocycles. The molecule has 0 spiro atoms. The molecule has 0 bridgehead atoms. The van der Waals surface area contributed by atoms with Gasteiger partial charge in [0.15, 0.2) is 0 Å². The van der Waals surface area contributed by atoms with Crippen LogP contribution in [0.2, 0.25) is 0 Å². The predicted molar refractivity (Wildman–Crippen MR) is 75.4 cm³/mol. The van der Waals surface area contributed by atoms with Crippen LogP contribution in [-0.2, 0) is 9.53 Å². The number of ether oxygens (including phenoxy) is 1. The molecule has 4 nitrogen and oxygen atoms in total. The number of hydrazone groups is 1. The molecule has 0 unspecified atom stereocenters. The first-order valence-corrected chi connectivity index (χ1v) is 6.24. The first-order chi connectivity index (χ1) is 9.25. The van der Waals surface area contributed by atoms with E-state index in [-0.39, 0.29) is 5.97 Å². The number of anilines is 1. The Balaban J connectivity index is 1.94. The third-order valence-electron chi connectivity index (χ3n) is 3.17. The molecule has 1 aliphatic rings. The van der Waals surface area contributed by atoms with Crippen molar-refractivity contribution in [2.45, 2.75) is 13.3 Å². The lowest BCUT2D eigenvalue weighted by Crippen LogP contribution is -2.14. The van der Waals surface area contributed by atoms with Gasteiger partial charge in [-0.25, -0.2) is 0 Å². The molecular weight excluding hydrogens is 240 g/mol. The molecule has 0 aliphatic carbocycles. The molecule has 2 aromatic rings. The SMILES string of the molecule is CC(=O)OCCC1=NNc2cccc3cccc1c23. The van der Waals surface area contributed by atoms with Gasteiger partial charge in [0.2, 0.25) is 0 Å². The van der Waals surface area contributed by atoms with Crippen molar-refractivity contribution < 1.29 is 9.53 Å². The standard InChI is InChI=1S/C15H14N2O2/c1-10(18)19-9-8-13-12-6-2-4-11-5-3-7-14(15(11)12)17-16-13/h2-7,17H,8-9H2,1H3. The maximum absolute atomic E-state index is 10.8. The predicted octanol–water partition coefficient (Wildman–Crippen LogP) is 2.92. The maximum Gasteiger partial charge on any atom is 0.302 e. The number of carbonyl (C=O) groups is 1. The van der Waals surface area contributed by atoms with Gasteiger partial charge in [0.05, 0.1) is 18.0 Å². The topological polar surface area (TPSA) is 50.7 Å². The molecule has 0 radical (unpaired) electrons. The lowest BCUT2D eigenvalue weighted by atomic mass is 9.97. The number of hydrogen-bond acceptors (Lipinski definition) is 4. The van der Waals surface area contributed by atoms with E-state index < -0.39 is 0 Å². The van der Waals surface area contributed by atoms with Crippen LogP contribution in [0.5, 0.6) is 0 Å². The molecule has 19 heavy (non-hydrogen) atoms. The van der Waals surface area contributed by atoms with Crippen LogP contribution in [0.25, 0.3) is 10.8 Å². The molecule has 4 heteroatoms. The van der Waals surface area contributed by atoms with Crippen LogP contribution in [0, 0.1) is 0 Å². The Morgan fingerprint density at radius 3 is 2.84 bits per heavy atom. The fourth-order valence-corrected chi connectivity index (χ4v) is 2.34. The van der Waals surface area contributed by atoms with Crippen LogP contribution in [0.3, 0.4) is 0 Å². The molecule has 1 N–H and O–H groups in total. The van der Waals surface area contributed by atoms with Gasteiger partial charge < -0.3 is 4.74 Å². The summed E-state index contributed by atoms with van der Waals surface area (Å²) in [6.45, 7) is 1.77. The Kier molecular flexibility index (Phi) is 2.91. The Morgan fingerprint density at radius 1 is 1.26 bits per heavy atom. The van der Waals surface area contributed by atoms with Crippen LogP contribution in [0.1, 0.15) is 18.9 Å². The summed E-state index contributed by atoms with van der Waals surface area (Å²) in [6, 6.07) is 12.3. The van der Waals surface area contributed by atoms with E-state index in [1.807, 2.05) is 18.2 Å². The Bertz CT molecular complexity index is 672. The van der Waals surface area contributed by atoms with Crippen molar-refractivity contribution in [2.24, 2.45) is 5.10 Å². The zero-order valence-corrected chi connectivity index (χ0v) is 10.6. The lowest BCUT2D eigenvalue weighted by Gasteiger charge is -2.18. The molecule has 96 valence electrons. The average Bonchev–Trinajstić information content (AvgIpc) is 2.41. The van der Waals surface area contributed by atoms with E-state index in [0.717, 1.165) is 17.0 Å². The fourth-order valence-electron chi connectivity index (χ4n) is 2.34. The number of hydrogen-bond donors (Lipinski definition) is 1. The van der Waals surface area contributed by atoms with E-state index in [9.17, 15) is 4.79 Å². The lowest BCUT2D eigenvalue weighted by molar-refractivity contribution is -0.140. The quantitative estimate of drug-likeness (QED) is 0.857. The van der Waals surface area contributed by atoms with Crippen LogP contribution in [-0.4, -0.2) is 18.3 Å². The zero-order valence-electron chi connectivity index (χ0n) is 10.6. The molecule has 0 saturated carbocycles. The van der Waals surface area contributed by atoms with E-state index in [4.69, 9.17) is 4.74 Å². The van der Waals surface area contributed by atoms with Crippen molar-refractivity contribution >= 4 is 28.1 Å². The van der Waals surface area contributed by atoms with E-state index in [1.165, 1.54) is 17.7 Å². The van der Waals surface area contributed by atoms with Gasteiger partial charge in [-0.05, 0) is 11.5 Å². The Morgan fingerprint density at radius 2 is 2.05 bits per heavy atom. The number of esters is 1. The number of nitrogens with one attached hydrogen (secondary N) is 1. The summed E-state index contributed by atoms with van der Waals surface area (Å²) in [4.78, 5) is 10.8. The number of rotatable bonds is 3. The Labute approximate surface area is 111 Å². The van der Waals surface area contributed by atoms with Crippen molar-refractivity contribution in [3.05, 3.63) is 42.0 Å². The van der Waals surface area contributed by atoms with Gasteiger partial charge in [0.1, 0.15) is 0 Å². The first kappa shape index (κ1) is 11.7. The van der Waals surface area contributed by atoms with Crippen molar-refractivity contribution in [3.63, 3.8) is 0 Å². The second-order valence-corrected chi connectivity index (χ2v) is 4.47. The van der Waals surface area contributed by atoms with Crippen molar-refractivity contribution in [3.8, 4) is 0 Å². The van der Waals surface area contributed by atoms with E-state index >= 15 is 0 Å². The van der Waals surface area contributed by atoms with Gasteiger partial charge in [-0.1, -0.05) is 30.3 Å². The molecule has 2 aromatic carbocycles. The van der Waals surface area contributed by atoms with Crippen molar-refractivity contribution in [2.75, 3.05) is 12.0 Å². The fraction of sp³-hybridized carbons (Fsp3) is 0.200.